The molecule has 0 amide bonds. The first-order valence-electron chi connectivity index (χ1n) is 17.8. The molecule has 0 rings (SSSR count). The molecule has 0 radical (unpaired) electrons. The molecule has 0 saturated carbocycles. The van der Waals surface area contributed by atoms with Crippen LogP contribution in [0.25, 0.3) is 0 Å². The molecule has 0 fully saturated rings. The number of hydrogen-bond acceptors (Lipinski definition) is 4. The fourth-order valence-electron chi connectivity index (χ4n) is 5.38. The zero-order valence-electron chi connectivity index (χ0n) is 27.0. The minimum atomic E-state index is -0.595. The first-order valence-corrected chi connectivity index (χ1v) is 17.8. The highest BCUT2D eigenvalue weighted by molar-refractivity contribution is 5.69. The van der Waals surface area contributed by atoms with Gasteiger partial charge in [-0.05, 0) is 38.2 Å². The Morgan fingerprint density at radius 2 is 0.875 bits per heavy atom. The lowest BCUT2D eigenvalue weighted by Crippen LogP contribution is -2.25. The summed E-state index contributed by atoms with van der Waals surface area (Å²) in [5.74, 6) is -0.134. The maximum Gasteiger partial charge on any atom is 0.310 e. The van der Waals surface area contributed by atoms with Crippen LogP contribution in [-0.2, 0) is 9.53 Å². The predicted molar refractivity (Wildman–Crippen MR) is 172 cm³/mol. The molecular formula is C36H70O4. The van der Waals surface area contributed by atoms with Gasteiger partial charge in [-0.2, -0.15) is 0 Å². The van der Waals surface area contributed by atoms with Crippen LogP contribution in [0.3, 0.4) is 0 Å². The average Bonchev–Trinajstić information content (AvgIpc) is 2.95. The molecule has 238 valence electrons. The molecule has 0 aliphatic rings. The van der Waals surface area contributed by atoms with Gasteiger partial charge < -0.3 is 14.9 Å². The SMILES string of the molecule is CCCCCCCCCCCCCCCCC=COC(=O)CCCCCCCC(O)C(O)CCCCCCCC. The van der Waals surface area contributed by atoms with Crippen LogP contribution >= 0.6 is 0 Å². The lowest BCUT2D eigenvalue weighted by atomic mass is 9.99. The van der Waals surface area contributed by atoms with E-state index in [1.54, 1.807) is 6.26 Å². The number of carbonyl (C=O) groups is 1. The Morgan fingerprint density at radius 1 is 0.525 bits per heavy atom. The second-order valence-corrected chi connectivity index (χ2v) is 12.2. The summed E-state index contributed by atoms with van der Waals surface area (Å²) in [5, 5.41) is 20.3. The lowest BCUT2D eigenvalue weighted by molar-refractivity contribution is -0.138. The van der Waals surface area contributed by atoms with Crippen molar-refractivity contribution >= 4 is 5.97 Å². The molecule has 0 aromatic heterocycles. The third-order valence-electron chi connectivity index (χ3n) is 8.20. The molecule has 40 heavy (non-hydrogen) atoms. The zero-order valence-corrected chi connectivity index (χ0v) is 27.0. The van der Waals surface area contributed by atoms with E-state index >= 15 is 0 Å². The number of allylic oxidation sites excluding steroid dienone is 1. The number of esters is 1. The second kappa shape index (κ2) is 32.6. The highest BCUT2D eigenvalue weighted by Crippen LogP contribution is 2.16. The van der Waals surface area contributed by atoms with Crippen LogP contribution in [0.1, 0.15) is 200 Å². The van der Waals surface area contributed by atoms with Gasteiger partial charge in [0.1, 0.15) is 0 Å². The van der Waals surface area contributed by atoms with Crippen molar-refractivity contribution in [1.29, 1.82) is 0 Å². The highest BCUT2D eigenvalue weighted by Gasteiger charge is 2.15. The predicted octanol–water partition coefficient (Wildman–Crippen LogP) is 11.1. The van der Waals surface area contributed by atoms with E-state index in [2.05, 4.69) is 13.8 Å². The minimum Gasteiger partial charge on any atom is -0.435 e. The van der Waals surface area contributed by atoms with Gasteiger partial charge in [0, 0.05) is 6.42 Å². The fraction of sp³-hybridized carbons (Fsp3) is 0.917. The normalized spacial score (nSPS) is 13.2. The third-order valence-corrected chi connectivity index (χ3v) is 8.20. The van der Waals surface area contributed by atoms with E-state index < -0.39 is 12.2 Å². The number of hydrogen-bond donors (Lipinski definition) is 2. The van der Waals surface area contributed by atoms with Gasteiger partial charge in [-0.25, -0.2) is 0 Å². The Hall–Kier alpha value is -0.870. The van der Waals surface area contributed by atoms with E-state index in [9.17, 15) is 15.0 Å². The number of ether oxygens (including phenoxy) is 1. The van der Waals surface area contributed by atoms with Crippen molar-refractivity contribution in [2.24, 2.45) is 0 Å². The average molecular weight is 567 g/mol. The molecule has 0 aromatic carbocycles. The van der Waals surface area contributed by atoms with Gasteiger partial charge in [-0.1, -0.05) is 162 Å². The molecular weight excluding hydrogens is 496 g/mol. The molecule has 4 nitrogen and oxygen atoms in total. The quantitative estimate of drug-likeness (QED) is 0.0483. The Labute approximate surface area is 250 Å². The summed E-state index contributed by atoms with van der Waals surface area (Å²) in [5.41, 5.74) is 0. The molecule has 0 bridgehead atoms. The molecule has 0 spiro atoms. The van der Waals surface area contributed by atoms with Gasteiger partial charge in [0.15, 0.2) is 0 Å². The van der Waals surface area contributed by atoms with E-state index in [1.807, 2.05) is 6.08 Å². The molecule has 2 N–H and O–H groups in total. The van der Waals surface area contributed by atoms with Crippen molar-refractivity contribution in [2.75, 3.05) is 0 Å². The van der Waals surface area contributed by atoms with Crippen molar-refractivity contribution in [1.82, 2.24) is 0 Å². The zero-order chi connectivity index (χ0) is 29.4. The van der Waals surface area contributed by atoms with Crippen molar-refractivity contribution < 1.29 is 19.7 Å². The summed E-state index contributed by atoms with van der Waals surface area (Å²) in [7, 11) is 0. The van der Waals surface area contributed by atoms with Crippen LogP contribution in [-0.4, -0.2) is 28.4 Å². The third kappa shape index (κ3) is 30.1. The Morgan fingerprint density at radius 3 is 1.30 bits per heavy atom. The van der Waals surface area contributed by atoms with Crippen molar-refractivity contribution in [3.63, 3.8) is 0 Å². The van der Waals surface area contributed by atoms with Crippen molar-refractivity contribution in [3.8, 4) is 0 Å². The largest absolute Gasteiger partial charge is 0.435 e. The Balaban J connectivity index is 3.38. The lowest BCUT2D eigenvalue weighted by Gasteiger charge is -2.17. The Kier molecular flexibility index (Phi) is 31.9. The number of aliphatic hydroxyl groups is 2. The Bertz CT molecular complexity index is 533. The van der Waals surface area contributed by atoms with Gasteiger partial charge in [0.05, 0.1) is 18.5 Å². The maximum atomic E-state index is 11.9. The monoisotopic (exact) mass is 567 g/mol. The van der Waals surface area contributed by atoms with Gasteiger partial charge in [-0.15, -0.1) is 0 Å². The molecule has 0 aliphatic carbocycles. The smallest absolute Gasteiger partial charge is 0.310 e. The topological polar surface area (TPSA) is 66.8 Å². The molecule has 0 saturated heterocycles. The standard InChI is InChI=1S/C36H70O4/c1-3-5-7-9-11-12-13-14-15-16-17-18-19-20-25-29-33-40-36(39)32-28-24-21-23-27-31-35(38)34(37)30-26-22-10-8-6-4-2/h29,33-35,37-38H,3-28,30-32H2,1-2H3. The van der Waals surface area contributed by atoms with E-state index in [0.717, 1.165) is 51.4 Å². The minimum absolute atomic E-state index is 0.134. The first kappa shape index (κ1) is 39.1. The first-order chi connectivity index (χ1) is 19.6. The second-order valence-electron chi connectivity index (χ2n) is 12.2. The number of unbranched alkanes of at least 4 members (excludes halogenated alkanes) is 23. The van der Waals surface area contributed by atoms with E-state index in [-0.39, 0.29) is 5.97 Å². The van der Waals surface area contributed by atoms with Gasteiger partial charge in [0.25, 0.3) is 0 Å². The summed E-state index contributed by atoms with van der Waals surface area (Å²) >= 11 is 0. The molecule has 0 aromatic rings. The molecule has 2 atom stereocenters. The van der Waals surface area contributed by atoms with Crippen molar-refractivity contribution in [3.05, 3.63) is 12.3 Å². The van der Waals surface area contributed by atoms with Gasteiger partial charge in [0.2, 0.25) is 0 Å². The summed E-state index contributed by atoms with van der Waals surface area (Å²) in [6, 6.07) is 0. The van der Waals surface area contributed by atoms with Crippen LogP contribution in [0.2, 0.25) is 0 Å². The summed E-state index contributed by atoms with van der Waals surface area (Å²) in [4.78, 5) is 11.9. The molecule has 0 heterocycles. The molecule has 2 unspecified atom stereocenters. The number of carbonyl (C=O) groups excluding carboxylic acids is 1. The van der Waals surface area contributed by atoms with E-state index in [0.29, 0.717) is 19.3 Å². The molecule has 0 aliphatic heterocycles. The molecule has 4 heteroatoms. The van der Waals surface area contributed by atoms with Crippen LogP contribution in [0.4, 0.5) is 0 Å². The fourth-order valence-corrected chi connectivity index (χ4v) is 5.38. The van der Waals surface area contributed by atoms with Crippen LogP contribution in [0, 0.1) is 0 Å². The number of aliphatic hydroxyl groups excluding tert-OH is 2. The van der Waals surface area contributed by atoms with E-state index in [4.69, 9.17) is 4.74 Å². The summed E-state index contributed by atoms with van der Waals surface area (Å²) in [6.45, 7) is 4.50. The van der Waals surface area contributed by atoms with Crippen LogP contribution in [0.15, 0.2) is 12.3 Å². The van der Waals surface area contributed by atoms with Crippen LogP contribution < -0.4 is 0 Å². The maximum absolute atomic E-state index is 11.9. The van der Waals surface area contributed by atoms with Crippen LogP contribution in [0.5, 0.6) is 0 Å². The van der Waals surface area contributed by atoms with Gasteiger partial charge in [-0.3, -0.25) is 4.79 Å². The highest BCUT2D eigenvalue weighted by atomic mass is 16.5. The number of rotatable bonds is 32. The van der Waals surface area contributed by atoms with Crippen molar-refractivity contribution in [2.45, 2.75) is 212 Å². The summed E-state index contributed by atoms with van der Waals surface area (Å²) in [6.07, 6.45) is 36.6. The van der Waals surface area contributed by atoms with E-state index in [1.165, 1.54) is 116 Å². The summed E-state index contributed by atoms with van der Waals surface area (Å²) < 4.78 is 5.23. The van der Waals surface area contributed by atoms with Gasteiger partial charge >= 0.3 is 5.97 Å².